The second-order valence-electron chi connectivity index (χ2n) is 6.32. The molecule has 1 aromatic heterocycles. The van der Waals surface area contributed by atoms with Gasteiger partial charge in [-0.15, -0.1) is 0 Å². The Kier molecular flexibility index (Phi) is 6.04. The zero-order valence-corrected chi connectivity index (χ0v) is 15.0. The van der Waals surface area contributed by atoms with Gasteiger partial charge in [0.1, 0.15) is 5.82 Å². The van der Waals surface area contributed by atoms with Crippen LogP contribution in [0.3, 0.4) is 0 Å². The molecule has 4 nitrogen and oxygen atoms in total. The first kappa shape index (κ1) is 18.3. The Morgan fingerprint density at radius 3 is 2.40 bits per heavy atom. The van der Waals surface area contributed by atoms with E-state index in [-0.39, 0.29) is 0 Å². The van der Waals surface area contributed by atoms with Crippen LogP contribution in [0.15, 0.2) is 36.7 Å². The fourth-order valence-corrected chi connectivity index (χ4v) is 3.59. The number of halogens is 3. The van der Waals surface area contributed by atoms with E-state index in [1.54, 1.807) is 0 Å². The highest BCUT2D eigenvalue weighted by molar-refractivity contribution is 6.30. The van der Waals surface area contributed by atoms with Crippen molar-refractivity contribution < 1.29 is 8.78 Å². The molecule has 7 heteroatoms. The predicted octanol–water partition coefficient (Wildman–Crippen LogP) is 4.20. The summed E-state index contributed by atoms with van der Waals surface area (Å²) in [7, 11) is 0. The Morgan fingerprint density at radius 1 is 1.12 bits per heavy atom. The minimum atomic E-state index is -2.53. The monoisotopic (exact) mass is 368 g/mol. The summed E-state index contributed by atoms with van der Waals surface area (Å²) in [5.74, 6) is 0.424. The van der Waals surface area contributed by atoms with Crippen molar-refractivity contribution in [2.24, 2.45) is 0 Å². The smallest absolute Gasteiger partial charge is 0.294 e. The second-order valence-corrected chi connectivity index (χ2v) is 6.75. The molecular formula is C18H23ClF2N4. The normalized spacial score (nSPS) is 18.0. The average molecular weight is 369 g/mol. The lowest BCUT2D eigenvalue weighted by atomic mass is 10.0. The van der Waals surface area contributed by atoms with Crippen LogP contribution in [-0.2, 0) is 6.54 Å². The number of aromatic nitrogens is 2. The molecular weight excluding hydrogens is 346 g/mol. The standard InChI is InChI=1S/C18H23ClF2N4/c1-2-16(14-3-5-15(19)6-4-14)24-11-9-23(10-12-24)13-17-22-7-8-25(17)18(20)21/h3-8,16,18H,2,9-13H2,1H3/t16-/m1/s1. The molecule has 3 rings (SSSR count). The lowest BCUT2D eigenvalue weighted by Gasteiger charge is -2.39. The van der Waals surface area contributed by atoms with Crippen LogP contribution >= 0.6 is 11.6 Å². The molecule has 2 aromatic rings. The van der Waals surface area contributed by atoms with Gasteiger partial charge in [0.05, 0.1) is 6.54 Å². The highest BCUT2D eigenvalue weighted by Crippen LogP contribution is 2.27. The molecule has 0 saturated carbocycles. The SMILES string of the molecule is CC[C@H](c1ccc(Cl)cc1)N1CCN(Cc2nccn2C(F)F)CC1. The van der Waals surface area contributed by atoms with Gasteiger partial charge in [0, 0.05) is 49.6 Å². The molecule has 1 fully saturated rings. The van der Waals surface area contributed by atoms with Gasteiger partial charge in [-0.3, -0.25) is 14.4 Å². The van der Waals surface area contributed by atoms with E-state index in [4.69, 9.17) is 11.6 Å². The van der Waals surface area contributed by atoms with Crippen LogP contribution < -0.4 is 0 Å². The lowest BCUT2D eigenvalue weighted by molar-refractivity contribution is 0.0569. The molecule has 0 radical (unpaired) electrons. The fourth-order valence-electron chi connectivity index (χ4n) is 3.47. The van der Waals surface area contributed by atoms with Crippen LogP contribution in [0.25, 0.3) is 0 Å². The first-order valence-electron chi connectivity index (χ1n) is 8.60. The number of hydrogen-bond donors (Lipinski definition) is 0. The van der Waals surface area contributed by atoms with Gasteiger partial charge in [-0.1, -0.05) is 30.7 Å². The summed E-state index contributed by atoms with van der Waals surface area (Å²) in [6.45, 7) is 3.63. The highest BCUT2D eigenvalue weighted by Gasteiger charge is 2.25. The van der Waals surface area contributed by atoms with Crippen molar-refractivity contribution in [2.75, 3.05) is 26.2 Å². The molecule has 0 bridgehead atoms. The van der Waals surface area contributed by atoms with E-state index in [0.29, 0.717) is 18.4 Å². The summed E-state index contributed by atoms with van der Waals surface area (Å²) >= 11 is 5.99. The van der Waals surface area contributed by atoms with E-state index in [0.717, 1.165) is 42.2 Å². The van der Waals surface area contributed by atoms with E-state index >= 15 is 0 Å². The zero-order chi connectivity index (χ0) is 17.8. The number of imidazole rings is 1. The van der Waals surface area contributed by atoms with Gasteiger partial charge < -0.3 is 0 Å². The second kappa shape index (κ2) is 8.25. The minimum absolute atomic E-state index is 0.363. The third-order valence-corrected chi connectivity index (χ3v) is 5.07. The van der Waals surface area contributed by atoms with Gasteiger partial charge in [-0.05, 0) is 24.1 Å². The maximum absolute atomic E-state index is 12.9. The number of nitrogens with zero attached hydrogens (tertiary/aromatic N) is 4. The zero-order valence-electron chi connectivity index (χ0n) is 14.3. The Morgan fingerprint density at radius 2 is 1.80 bits per heavy atom. The molecule has 1 aromatic carbocycles. The van der Waals surface area contributed by atoms with Gasteiger partial charge in [0.15, 0.2) is 0 Å². The minimum Gasteiger partial charge on any atom is -0.294 e. The van der Waals surface area contributed by atoms with Gasteiger partial charge >= 0.3 is 6.55 Å². The van der Waals surface area contributed by atoms with Crippen molar-refractivity contribution in [2.45, 2.75) is 32.5 Å². The van der Waals surface area contributed by atoms with E-state index in [9.17, 15) is 8.78 Å². The van der Waals surface area contributed by atoms with Crippen LogP contribution in [0.4, 0.5) is 8.78 Å². The predicted molar refractivity (Wildman–Crippen MR) is 94.8 cm³/mol. The lowest BCUT2D eigenvalue weighted by Crippen LogP contribution is -2.47. The van der Waals surface area contributed by atoms with Crippen LogP contribution in [0.2, 0.25) is 5.02 Å². The van der Waals surface area contributed by atoms with Crippen molar-refractivity contribution in [3.8, 4) is 0 Å². The topological polar surface area (TPSA) is 24.3 Å². The van der Waals surface area contributed by atoms with Crippen molar-refractivity contribution in [1.82, 2.24) is 19.4 Å². The maximum Gasteiger partial charge on any atom is 0.319 e. The van der Waals surface area contributed by atoms with Crippen LogP contribution in [0, 0.1) is 0 Å². The molecule has 0 unspecified atom stereocenters. The average Bonchev–Trinajstić information content (AvgIpc) is 3.07. The maximum atomic E-state index is 12.9. The summed E-state index contributed by atoms with van der Waals surface area (Å²) in [6.07, 6.45) is 3.80. The molecule has 0 spiro atoms. The largest absolute Gasteiger partial charge is 0.319 e. The van der Waals surface area contributed by atoms with Gasteiger partial charge in [-0.25, -0.2) is 4.98 Å². The highest BCUT2D eigenvalue weighted by atomic mass is 35.5. The number of piperazine rings is 1. The van der Waals surface area contributed by atoms with E-state index in [2.05, 4.69) is 33.8 Å². The van der Waals surface area contributed by atoms with Crippen LogP contribution in [0.1, 0.15) is 37.3 Å². The van der Waals surface area contributed by atoms with E-state index in [1.807, 2.05) is 12.1 Å². The van der Waals surface area contributed by atoms with Crippen LogP contribution in [0.5, 0.6) is 0 Å². The van der Waals surface area contributed by atoms with E-state index < -0.39 is 6.55 Å². The summed E-state index contributed by atoms with van der Waals surface area (Å²) in [5.41, 5.74) is 1.27. The van der Waals surface area contributed by atoms with Crippen molar-refractivity contribution in [3.05, 3.63) is 53.1 Å². The molecule has 2 heterocycles. The van der Waals surface area contributed by atoms with E-state index in [1.165, 1.54) is 18.0 Å². The first-order chi connectivity index (χ1) is 12.1. The third kappa shape index (κ3) is 4.37. The summed E-state index contributed by atoms with van der Waals surface area (Å²) in [6, 6.07) is 8.40. The Balaban J connectivity index is 1.59. The molecule has 25 heavy (non-hydrogen) atoms. The van der Waals surface area contributed by atoms with Gasteiger partial charge in [0.25, 0.3) is 0 Å². The van der Waals surface area contributed by atoms with Gasteiger partial charge in [-0.2, -0.15) is 8.78 Å². The molecule has 0 N–H and O–H groups in total. The molecule has 1 saturated heterocycles. The molecule has 136 valence electrons. The number of benzene rings is 1. The summed E-state index contributed by atoms with van der Waals surface area (Å²) in [5, 5.41) is 0.748. The molecule has 0 aliphatic carbocycles. The Bertz CT molecular complexity index is 666. The van der Waals surface area contributed by atoms with Crippen LogP contribution in [-0.4, -0.2) is 45.5 Å². The van der Waals surface area contributed by atoms with Crippen molar-refractivity contribution >= 4 is 11.6 Å². The summed E-state index contributed by atoms with van der Waals surface area (Å²) in [4.78, 5) is 8.72. The Hall–Kier alpha value is -1.50. The number of hydrogen-bond acceptors (Lipinski definition) is 3. The first-order valence-corrected chi connectivity index (χ1v) is 8.98. The summed E-state index contributed by atoms with van der Waals surface area (Å²) < 4.78 is 26.8. The van der Waals surface area contributed by atoms with Crippen molar-refractivity contribution in [1.29, 1.82) is 0 Å². The number of rotatable bonds is 6. The Labute approximate surface area is 152 Å². The number of alkyl halides is 2. The molecule has 1 aliphatic heterocycles. The molecule has 1 atom stereocenters. The molecule has 1 aliphatic rings. The van der Waals surface area contributed by atoms with Crippen molar-refractivity contribution in [3.63, 3.8) is 0 Å². The molecule has 0 amide bonds. The third-order valence-electron chi connectivity index (χ3n) is 4.81. The quantitative estimate of drug-likeness (QED) is 0.763. The fraction of sp³-hybridized carbons (Fsp3) is 0.500. The van der Waals surface area contributed by atoms with Gasteiger partial charge in [0.2, 0.25) is 0 Å².